The van der Waals surface area contributed by atoms with Crippen LogP contribution in [0.5, 0.6) is 0 Å². The van der Waals surface area contributed by atoms with Crippen molar-refractivity contribution in [3.05, 3.63) is 63.2 Å². The van der Waals surface area contributed by atoms with Crippen LogP contribution in [0.2, 0.25) is 5.02 Å². The molecule has 1 aliphatic rings. The van der Waals surface area contributed by atoms with E-state index in [2.05, 4.69) is 15.3 Å². The Kier molecular flexibility index (Phi) is 6.43. The molecular weight excluding hydrogens is 448 g/mol. The topological polar surface area (TPSA) is 84.4 Å². The number of amides is 1. The van der Waals surface area contributed by atoms with Crippen molar-refractivity contribution in [2.45, 2.75) is 46.3 Å². The third-order valence-corrected chi connectivity index (χ3v) is 6.11. The number of hydrogen-bond donors (Lipinski definition) is 1. The van der Waals surface area contributed by atoms with E-state index in [0.29, 0.717) is 33.1 Å². The molecule has 7 nitrogen and oxygen atoms in total. The maximum Gasteiger partial charge on any atom is 0.340 e. The van der Waals surface area contributed by atoms with Gasteiger partial charge in [-0.2, -0.15) is 0 Å². The number of pyridine rings is 1. The average Bonchev–Trinajstić information content (AvgIpc) is 3.43. The van der Waals surface area contributed by atoms with Crippen LogP contribution < -0.4 is 10.2 Å². The first kappa shape index (κ1) is 22.2. The quantitative estimate of drug-likeness (QED) is 0.464. The van der Waals surface area contributed by atoms with Gasteiger partial charge in [-0.1, -0.05) is 17.7 Å². The van der Waals surface area contributed by atoms with Crippen LogP contribution in [0.15, 0.2) is 35.8 Å². The fourth-order valence-corrected chi connectivity index (χ4v) is 4.57. The molecule has 1 saturated carbocycles. The van der Waals surface area contributed by atoms with Crippen LogP contribution in [0, 0.1) is 13.8 Å². The standard InChI is InChI=1S/C23H23ClN4O3S/c1-13-8-14(2)21(19(24)9-13)28(15(3)29)23-27-18(12-32-23)11-31-22(30)16-4-7-20(25-10-16)26-17-5-6-17/h4,7-10,12,17H,5-6,11H2,1-3H3,(H,25,26). The van der Waals surface area contributed by atoms with E-state index in [1.807, 2.05) is 26.0 Å². The number of thiazole rings is 1. The van der Waals surface area contributed by atoms with Crippen LogP contribution >= 0.6 is 22.9 Å². The number of halogens is 1. The lowest BCUT2D eigenvalue weighted by atomic mass is 10.1. The number of rotatable bonds is 7. The Balaban J connectivity index is 1.44. The molecule has 32 heavy (non-hydrogen) atoms. The van der Waals surface area contributed by atoms with Crippen molar-refractivity contribution in [1.29, 1.82) is 0 Å². The minimum absolute atomic E-state index is 0.0102. The van der Waals surface area contributed by atoms with Gasteiger partial charge in [-0.3, -0.25) is 9.69 Å². The van der Waals surface area contributed by atoms with Gasteiger partial charge in [0, 0.05) is 24.5 Å². The van der Waals surface area contributed by atoms with Crippen LogP contribution in [-0.4, -0.2) is 27.9 Å². The summed E-state index contributed by atoms with van der Waals surface area (Å²) in [5.41, 5.74) is 3.41. The molecule has 166 valence electrons. The molecule has 9 heteroatoms. The molecule has 4 rings (SSSR count). The summed E-state index contributed by atoms with van der Waals surface area (Å²) in [6, 6.07) is 7.73. The molecule has 1 N–H and O–H groups in total. The second-order valence-corrected chi connectivity index (χ2v) is 9.06. The normalized spacial score (nSPS) is 13.0. The zero-order valence-corrected chi connectivity index (χ0v) is 19.6. The SMILES string of the molecule is CC(=O)N(c1nc(COC(=O)c2ccc(NC3CC3)nc2)cs1)c1c(C)cc(C)cc1Cl. The lowest BCUT2D eigenvalue weighted by Gasteiger charge is -2.22. The van der Waals surface area contributed by atoms with Crippen LogP contribution in [-0.2, 0) is 16.1 Å². The molecule has 0 radical (unpaired) electrons. The van der Waals surface area contributed by atoms with Crippen molar-refractivity contribution in [2.75, 3.05) is 10.2 Å². The van der Waals surface area contributed by atoms with Crippen molar-refractivity contribution in [1.82, 2.24) is 9.97 Å². The molecule has 1 aliphatic carbocycles. The molecular formula is C23H23ClN4O3S. The fourth-order valence-electron chi connectivity index (χ4n) is 3.30. The van der Waals surface area contributed by atoms with Crippen molar-refractivity contribution < 1.29 is 14.3 Å². The van der Waals surface area contributed by atoms with E-state index < -0.39 is 5.97 Å². The Morgan fingerprint density at radius 3 is 2.69 bits per heavy atom. The third kappa shape index (κ3) is 5.08. The first-order valence-corrected chi connectivity index (χ1v) is 11.5. The molecule has 2 heterocycles. The summed E-state index contributed by atoms with van der Waals surface area (Å²) in [7, 11) is 0. The summed E-state index contributed by atoms with van der Waals surface area (Å²) in [6.45, 7) is 5.30. The lowest BCUT2D eigenvalue weighted by Crippen LogP contribution is -2.24. The zero-order valence-electron chi connectivity index (χ0n) is 18.0. The van der Waals surface area contributed by atoms with E-state index in [-0.39, 0.29) is 12.5 Å². The number of carbonyl (C=O) groups excluding carboxylic acids is 2. The predicted octanol–water partition coefficient (Wildman–Crippen LogP) is 5.42. The maximum absolute atomic E-state index is 12.4. The summed E-state index contributed by atoms with van der Waals surface area (Å²) in [5.74, 6) is 0.0659. The van der Waals surface area contributed by atoms with Gasteiger partial charge in [-0.05, 0) is 56.0 Å². The summed E-state index contributed by atoms with van der Waals surface area (Å²) in [5, 5.41) is 5.98. The number of aromatic nitrogens is 2. The van der Waals surface area contributed by atoms with E-state index in [1.165, 1.54) is 29.4 Å². The van der Waals surface area contributed by atoms with Crippen molar-refractivity contribution in [3.63, 3.8) is 0 Å². The number of nitrogens with one attached hydrogen (secondary N) is 1. The Hall–Kier alpha value is -2.97. The van der Waals surface area contributed by atoms with Gasteiger partial charge in [0.2, 0.25) is 5.91 Å². The summed E-state index contributed by atoms with van der Waals surface area (Å²) in [4.78, 5) is 35.0. The minimum Gasteiger partial charge on any atom is -0.456 e. The number of anilines is 3. The molecule has 0 atom stereocenters. The first-order valence-electron chi connectivity index (χ1n) is 10.2. The lowest BCUT2D eigenvalue weighted by molar-refractivity contribution is -0.115. The highest BCUT2D eigenvalue weighted by molar-refractivity contribution is 7.14. The van der Waals surface area contributed by atoms with Crippen LogP contribution in [0.4, 0.5) is 16.6 Å². The van der Waals surface area contributed by atoms with Crippen molar-refractivity contribution in [2.24, 2.45) is 0 Å². The highest BCUT2D eigenvalue weighted by atomic mass is 35.5. The Morgan fingerprint density at radius 2 is 2.06 bits per heavy atom. The van der Waals surface area contributed by atoms with E-state index in [4.69, 9.17) is 16.3 Å². The Bertz CT molecular complexity index is 1140. The Morgan fingerprint density at radius 1 is 1.28 bits per heavy atom. The number of ether oxygens (including phenoxy) is 1. The number of nitrogens with zero attached hydrogens (tertiary/aromatic N) is 3. The van der Waals surface area contributed by atoms with E-state index in [9.17, 15) is 9.59 Å². The highest BCUT2D eigenvalue weighted by Crippen LogP contribution is 2.37. The second kappa shape index (κ2) is 9.26. The van der Waals surface area contributed by atoms with Gasteiger partial charge in [0.1, 0.15) is 12.4 Å². The molecule has 1 fully saturated rings. The molecule has 1 amide bonds. The first-order chi connectivity index (χ1) is 15.3. The van der Waals surface area contributed by atoms with Crippen LogP contribution in [0.25, 0.3) is 0 Å². The predicted molar refractivity (Wildman–Crippen MR) is 126 cm³/mol. The van der Waals surface area contributed by atoms with E-state index >= 15 is 0 Å². The second-order valence-electron chi connectivity index (χ2n) is 7.81. The molecule has 3 aromatic rings. The monoisotopic (exact) mass is 470 g/mol. The number of esters is 1. The molecule has 0 spiro atoms. The number of hydrogen-bond acceptors (Lipinski definition) is 7. The number of carbonyl (C=O) groups is 2. The zero-order chi connectivity index (χ0) is 22.8. The summed E-state index contributed by atoms with van der Waals surface area (Å²) in [6.07, 6.45) is 3.80. The molecule has 0 aliphatic heterocycles. The smallest absolute Gasteiger partial charge is 0.340 e. The minimum atomic E-state index is -0.481. The number of aryl methyl sites for hydroxylation is 2. The van der Waals surface area contributed by atoms with Gasteiger partial charge < -0.3 is 10.1 Å². The van der Waals surface area contributed by atoms with Crippen LogP contribution in [0.3, 0.4) is 0 Å². The average molecular weight is 471 g/mol. The largest absolute Gasteiger partial charge is 0.456 e. The van der Waals surface area contributed by atoms with Crippen molar-refractivity contribution in [3.8, 4) is 0 Å². The number of benzene rings is 1. The molecule has 0 saturated heterocycles. The molecule has 2 aromatic heterocycles. The summed E-state index contributed by atoms with van der Waals surface area (Å²) >= 11 is 7.73. The van der Waals surface area contributed by atoms with E-state index in [0.717, 1.165) is 29.8 Å². The summed E-state index contributed by atoms with van der Waals surface area (Å²) < 4.78 is 5.39. The van der Waals surface area contributed by atoms with Gasteiger partial charge in [-0.25, -0.2) is 14.8 Å². The van der Waals surface area contributed by atoms with Gasteiger partial charge >= 0.3 is 5.97 Å². The Labute approximate surface area is 195 Å². The maximum atomic E-state index is 12.4. The van der Waals surface area contributed by atoms with Crippen molar-refractivity contribution >= 4 is 51.5 Å². The van der Waals surface area contributed by atoms with Crippen LogP contribution in [0.1, 0.15) is 46.9 Å². The van der Waals surface area contributed by atoms with Gasteiger partial charge in [-0.15, -0.1) is 11.3 Å². The third-order valence-electron chi connectivity index (χ3n) is 4.95. The van der Waals surface area contributed by atoms with E-state index in [1.54, 1.807) is 17.5 Å². The molecule has 1 aromatic carbocycles. The van der Waals surface area contributed by atoms with Gasteiger partial charge in [0.15, 0.2) is 5.13 Å². The molecule has 0 unspecified atom stereocenters. The highest BCUT2D eigenvalue weighted by Gasteiger charge is 2.23. The molecule has 0 bridgehead atoms. The van der Waals surface area contributed by atoms with Gasteiger partial charge in [0.25, 0.3) is 0 Å². The van der Waals surface area contributed by atoms with Gasteiger partial charge in [0.05, 0.1) is 22.0 Å². The fraction of sp³-hybridized carbons (Fsp3) is 0.304.